The number of rotatable bonds is 5. The molecule has 110 valence electrons. The van der Waals surface area contributed by atoms with E-state index in [-0.39, 0.29) is 5.91 Å². The number of amides is 1. The first-order valence-corrected chi connectivity index (χ1v) is 7.89. The predicted molar refractivity (Wildman–Crippen MR) is 84.6 cm³/mol. The van der Waals surface area contributed by atoms with Crippen molar-refractivity contribution in [1.82, 2.24) is 5.32 Å². The largest absolute Gasteiger partial charge is 0.383 e. The molecule has 1 aliphatic rings. The van der Waals surface area contributed by atoms with E-state index in [2.05, 4.69) is 10.6 Å². The highest BCUT2D eigenvalue weighted by Gasteiger charge is 2.15. The van der Waals surface area contributed by atoms with E-state index in [1.165, 1.54) is 19.3 Å². The number of carbonyl (C=O) groups excluding carboxylic acids is 1. The summed E-state index contributed by atoms with van der Waals surface area (Å²) in [5.74, 6) is 0.0996. The highest BCUT2D eigenvalue weighted by molar-refractivity contribution is 6.35. The van der Waals surface area contributed by atoms with E-state index in [1.807, 2.05) is 0 Å². The average Bonchev–Trinajstić information content (AvgIpc) is 2.44. The molecule has 0 aliphatic heterocycles. The lowest BCUT2D eigenvalue weighted by Crippen LogP contribution is -2.36. The van der Waals surface area contributed by atoms with Gasteiger partial charge in [-0.2, -0.15) is 0 Å². The van der Waals surface area contributed by atoms with E-state index < -0.39 is 0 Å². The Morgan fingerprint density at radius 1 is 1.20 bits per heavy atom. The van der Waals surface area contributed by atoms with Gasteiger partial charge in [0.2, 0.25) is 5.91 Å². The molecule has 3 nitrogen and oxygen atoms in total. The van der Waals surface area contributed by atoms with Crippen molar-refractivity contribution < 1.29 is 4.79 Å². The number of hydrogen-bond donors (Lipinski definition) is 2. The molecule has 1 aromatic rings. The first kappa shape index (κ1) is 15.5. The summed E-state index contributed by atoms with van der Waals surface area (Å²) in [6.07, 6.45) is 6.40. The van der Waals surface area contributed by atoms with Gasteiger partial charge in [0.15, 0.2) is 0 Å². The van der Waals surface area contributed by atoms with Gasteiger partial charge in [-0.15, -0.1) is 0 Å². The van der Waals surface area contributed by atoms with Crippen LogP contribution in [0.2, 0.25) is 10.0 Å². The van der Waals surface area contributed by atoms with Crippen molar-refractivity contribution in [3.05, 3.63) is 28.2 Å². The second-order valence-corrected chi connectivity index (χ2v) is 6.05. The number of carbonyl (C=O) groups is 1. The molecule has 0 unspecified atom stereocenters. The predicted octanol–water partition coefficient (Wildman–Crippen LogP) is 4.24. The lowest BCUT2D eigenvalue weighted by atomic mass is 9.95. The third-order valence-electron chi connectivity index (χ3n) is 3.57. The van der Waals surface area contributed by atoms with Crippen LogP contribution in [0, 0.1) is 0 Å². The van der Waals surface area contributed by atoms with Crippen molar-refractivity contribution in [3.63, 3.8) is 0 Å². The fourth-order valence-electron chi connectivity index (χ4n) is 2.49. The first-order chi connectivity index (χ1) is 9.65. The van der Waals surface area contributed by atoms with Gasteiger partial charge < -0.3 is 10.6 Å². The Labute approximate surface area is 130 Å². The zero-order chi connectivity index (χ0) is 14.4. The zero-order valence-electron chi connectivity index (χ0n) is 11.4. The van der Waals surface area contributed by atoms with Crippen LogP contribution in [0.5, 0.6) is 0 Å². The summed E-state index contributed by atoms with van der Waals surface area (Å²) in [5.41, 5.74) is 0.768. The van der Waals surface area contributed by atoms with E-state index in [9.17, 15) is 4.79 Å². The minimum Gasteiger partial charge on any atom is -0.383 e. The maximum absolute atomic E-state index is 11.8. The molecule has 20 heavy (non-hydrogen) atoms. The van der Waals surface area contributed by atoms with Gasteiger partial charge in [0.1, 0.15) is 0 Å². The topological polar surface area (TPSA) is 41.1 Å². The lowest BCUT2D eigenvalue weighted by Gasteiger charge is -2.22. The molecule has 1 amide bonds. The number of benzene rings is 1. The van der Waals surface area contributed by atoms with Gasteiger partial charge in [-0.1, -0.05) is 42.5 Å². The average molecular weight is 315 g/mol. The van der Waals surface area contributed by atoms with Crippen LogP contribution in [-0.4, -0.2) is 18.5 Å². The molecule has 1 fully saturated rings. The van der Waals surface area contributed by atoms with Gasteiger partial charge in [-0.3, -0.25) is 4.79 Å². The quantitative estimate of drug-likeness (QED) is 0.853. The molecule has 0 radical (unpaired) electrons. The Kier molecular flexibility index (Phi) is 5.99. The normalized spacial score (nSPS) is 15.9. The van der Waals surface area contributed by atoms with Crippen LogP contribution in [0.15, 0.2) is 18.2 Å². The Hall–Kier alpha value is -0.930. The molecule has 1 aliphatic carbocycles. The molecule has 0 saturated heterocycles. The van der Waals surface area contributed by atoms with Crippen LogP contribution in [0.1, 0.15) is 38.5 Å². The van der Waals surface area contributed by atoms with Gasteiger partial charge in [0.25, 0.3) is 0 Å². The molecule has 0 atom stereocenters. The summed E-state index contributed by atoms with van der Waals surface area (Å²) in [4.78, 5) is 11.8. The van der Waals surface area contributed by atoms with Crippen molar-refractivity contribution in [2.45, 2.75) is 44.6 Å². The zero-order valence-corrected chi connectivity index (χ0v) is 12.9. The summed E-state index contributed by atoms with van der Waals surface area (Å²) >= 11 is 12.0. The maximum atomic E-state index is 11.8. The van der Waals surface area contributed by atoms with E-state index in [0.29, 0.717) is 29.1 Å². The molecule has 0 heterocycles. The van der Waals surface area contributed by atoms with Crippen LogP contribution in [0.3, 0.4) is 0 Å². The number of halogens is 2. The van der Waals surface area contributed by atoms with Gasteiger partial charge in [0.05, 0.1) is 10.7 Å². The standard InChI is InChI=1S/C15H20Cl2N2O/c16-11-6-7-13(17)14(10-11)18-9-8-15(20)19-12-4-2-1-3-5-12/h6-7,10,12,18H,1-5,8-9H2,(H,19,20). The van der Waals surface area contributed by atoms with Gasteiger partial charge in [0, 0.05) is 24.0 Å². The van der Waals surface area contributed by atoms with Gasteiger partial charge in [-0.05, 0) is 31.0 Å². The number of hydrogen-bond acceptors (Lipinski definition) is 2. The summed E-state index contributed by atoms with van der Waals surface area (Å²) in [5, 5.41) is 7.48. The van der Waals surface area contributed by atoms with E-state index in [4.69, 9.17) is 23.2 Å². The van der Waals surface area contributed by atoms with Crippen LogP contribution in [-0.2, 0) is 4.79 Å². The summed E-state index contributed by atoms with van der Waals surface area (Å²) in [6.45, 7) is 0.554. The summed E-state index contributed by atoms with van der Waals surface area (Å²) in [7, 11) is 0. The Morgan fingerprint density at radius 2 is 1.95 bits per heavy atom. The molecule has 2 rings (SSSR count). The molecule has 1 saturated carbocycles. The van der Waals surface area contributed by atoms with E-state index >= 15 is 0 Å². The van der Waals surface area contributed by atoms with Gasteiger partial charge >= 0.3 is 0 Å². The monoisotopic (exact) mass is 314 g/mol. The first-order valence-electron chi connectivity index (χ1n) is 7.13. The summed E-state index contributed by atoms with van der Waals surface area (Å²) in [6, 6.07) is 5.62. The highest BCUT2D eigenvalue weighted by atomic mass is 35.5. The molecular formula is C15H20Cl2N2O. The van der Waals surface area contributed by atoms with Crippen LogP contribution < -0.4 is 10.6 Å². The molecule has 5 heteroatoms. The fourth-order valence-corrected chi connectivity index (χ4v) is 2.85. The minimum absolute atomic E-state index is 0.0996. The molecule has 0 spiro atoms. The van der Waals surface area contributed by atoms with Crippen molar-refractivity contribution in [1.29, 1.82) is 0 Å². The van der Waals surface area contributed by atoms with E-state index in [1.54, 1.807) is 18.2 Å². The van der Waals surface area contributed by atoms with Crippen molar-refractivity contribution in [2.24, 2.45) is 0 Å². The van der Waals surface area contributed by atoms with Gasteiger partial charge in [-0.25, -0.2) is 0 Å². The highest BCUT2D eigenvalue weighted by Crippen LogP contribution is 2.25. The minimum atomic E-state index is 0.0996. The second kappa shape index (κ2) is 7.75. The lowest BCUT2D eigenvalue weighted by molar-refractivity contribution is -0.121. The molecule has 0 aromatic heterocycles. The van der Waals surface area contributed by atoms with Crippen molar-refractivity contribution >= 4 is 34.8 Å². The summed E-state index contributed by atoms with van der Waals surface area (Å²) < 4.78 is 0. The third-order valence-corrected chi connectivity index (χ3v) is 4.13. The van der Waals surface area contributed by atoms with Crippen LogP contribution >= 0.6 is 23.2 Å². The Balaban J connectivity index is 1.72. The molecule has 2 N–H and O–H groups in total. The van der Waals surface area contributed by atoms with Crippen molar-refractivity contribution in [3.8, 4) is 0 Å². The Bertz CT molecular complexity index is 459. The third kappa shape index (κ3) is 4.88. The SMILES string of the molecule is O=C(CCNc1cc(Cl)ccc1Cl)NC1CCCCC1. The number of anilines is 1. The Morgan fingerprint density at radius 3 is 2.70 bits per heavy atom. The smallest absolute Gasteiger partial charge is 0.221 e. The molecular weight excluding hydrogens is 295 g/mol. The fraction of sp³-hybridized carbons (Fsp3) is 0.533. The van der Waals surface area contributed by atoms with Crippen molar-refractivity contribution in [2.75, 3.05) is 11.9 Å². The van der Waals surface area contributed by atoms with Crippen LogP contribution in [0.4, 0.5) is 5.69 Å². The number of nitrogens with one attached hydrogen (secondary N) is 2. The maximum Gasteiger partial charge on any atom is 0.221 e. The van der Waals surface area contributed by atoms with E-state index in [0.717, 1.165) is 18.5 Å². The molecule has 0 bridgehead atoms. The van der Waals surface area contributed by atoms with Crippen LogP contribution in [0.25, 0.3) is 0 Å². The molecule has 1 aromatic carbocycles. The second-order valence-electron chi connectivity index (χ2n) is 5.20.